The predicted octanol–water partition coefficient (Wildman–Crippen LogP) is 4.69. The van der Waals surface area contributed by atoms with Crippen LogP contribution in [-0.2, 0) is 4.79 Å². The van der Waals surface area contributed by atoms with Gasteiger partial charge >= 0.3 is 5.97 Å². The molecule has 3 unspecified atom stereocenters. The number of rotatable bonds is 16. The average molecular weight is 343 g/mol. The average Bonchev–Trinajstić information content (AvgIpc) is 2.52. The molecule has 0 aromatic carbocycles. The minimum atomic E-state index is -0.768. The Morgan fingerprint density at radius 3 is 2.17 bits per heavy atom. The van der Waals surface area contributed by atoms with Gasteiger partial charge in [0.25, 0.3) is 0 Å². The molecule has 3 atom stereocenters. The highest BCUT2D eigenvalue weighted by molar-refractivity contribution is 5.66. The van der Waals surface area contributed by atoms with E-state index in [1.54, 1.807) is 6.92 Å². The lowest BCUT2D eigenvalue weighted by atomic mass is 9.89. The summed E-state index contributed by atoms with van der Waals surface area (Å²) in [4.78, 5) is 10.6. The second-order valence-corrected chi connectivity index (χ2v) is 6.95. The van der Waals surface area contributed by atoms with Crippen molar-refractivity contribution in [2.24, 2.45) is 5.92 Å². The van der Waals surface area contributed by atoms with Crippen LogP contribution in [-0.4, -0.2) is 33.5 Å². The van der Waals surface area contributed by atoms with Gasteiger partial charge in [-0.05, 0) is 57.8 Å². The lowest BCUT2D eigenvalue weighted by molar-refractivity contribution is -0.137. The van der Waals surface area contributed by atoms with Crippen LogP contribution < -0.4 is 0 Å². The van der Waals surface area contributed by atoms with Crippen LogP contribution in [0.1, 0.15) is 90.9 Å². The number of carbonyl (C=O) groups is 1. The van der Waals surface area contributed by atoms with E-state index in [1.165, 1.54) is 25.7 Å². The molecule has 0 aliphatic heterocycles. The van der Waals surface area contributed by atoms with E-state index in [0.29, 0.717) is 12.8 Å². The first-order chi connectivity index (χ1) is 11.5. The minimum absolute atomic E-state index is 0.180. The first kappa shape index (κ1) is 23.1. The molecule has 0 rings (SSSR count). The lowest BCUT2D eigenvalue weighted by Crippen LogP contribution is -2.25. The quantitative estimate of drug-likeness (QED) is 0.281. The molecule has 0 radical (unpaired) electrons. The summed E-state index contributed by atoms with van der Waals surface area (Å²) < 4.78 is 0. The molecule has 0 spiro atoms. The second-order valence-electron chi connectivity index (χ2n) is 6.95. The van der Waals surface area contributed by atoms with Gasteiger partial charge in [0.15, 0.2) is 0 Å². The van der Waals surface area contributed by atoms with E-state index in [1.807, 2.05) is 0 Å². The molecule has 4 heteroatoms. The largest absolute Gasteiger partial charge is 0.481 e. The molecule has 4 nitrogen and oxygen atoms in total. The number of carboxylic acids is 1. The Morgan fingerprint density at radius 1 is 0.958 bits per heavy atom. The van der Waals surface area contributed by atoms with Gasteiger partial charge in [0.05, 0.1) is 12.2 Å². The van der Waals surface area contributed by atoms with Gasteiger partial charge in [-0.2, -0.15) is 0 Å². The first-order valence-corrected chi connectivity index (χ1v) is 9.70. The van der Waals surface area contributed by atoms with Gasteiger partial charge in [0.1, 0.15) is 0 Å². The van der Waals surface area contributed by atoms with Gasteiger partial charge in [0, 0.05) is 6.42 Å². The van der Waals surface area contributed by atoms with Crippen molar-refractivity contribution < 1.29 is 20.1 Å². The van der Waals surface area contributed by atoms with E-state index in [9.17, 15) is 15.0 Å². The van der Waals surface area contributed by atoms with Gasteiger partial charge in [0.2, 0.25) is 0 Å². The number of allylic oxidation sites excluding steroid dienone is 2. The molecular weight excluding hydrogens is 304 g/mol. The normalized spacial score (nSPS) is 15.5. The van der Waals surface area contributed by atoms with E-state index >= 15 is 0 Å². The molecule has 0 heterocycles. The molecule has 0 bridgehead atoms. The fourth-order valence-corrected chi connectivity index (χ4v) is 2.91. The number of carboxylic acid groups (broad SMARTS) is 1. The molecule has 142 valence electrons. The third-order valence-electron chi connectivity index (χ3n) is 4.51. The zero-order chi connectivity index (χ0) is 18.2. The van der Waals surface area contributed by atoms with Gasteiger partial charge in [-0.3, -0.25) is 4.79 Å². The molecule has 0 aliphatic carbocycles. The Kier molecular flexibility index (Phi) is 15.1. The number of aliphatic hydroxyl groups is 2. The van der Waals surface area contributed by atoms with Crippen LogP contribution in [0.4, 0.5) is 0 Å². The maximum Gasteiger partial charge on any atom is 0.303 e. The zero-order valence-electron chi connectivity index (χ0n) is 15.6. The van der Waals surface area contributed by atoms with Gasteiger partial charge in [-0.1, -0.05) is 44.8 Å². The smallest absolute Gasteiger partial charge is 0.303 e. The topological polar surface area (TPSA) is 77.8 Å². The van der Waals surface area contributed by atoms with Crippen LogP contribution in [0.2, 0.25) is 0 Å². The monoisotopic (exact) mass is 342 g/mol. The maximum atomic E-state index is 10.6. The fraction of sp³-hybridized carbons (Fsp3) is 0.850. The standard InChI is InChI=1S/C20H38O4/c1-3-4-5-6-7-8-9-10-11-13-18(14-12-15-20(23)24)16-19(22)17(2)21/h8-9,17-19,21-22H,3-7,10-16H2,1-2H3,(H,23,24). The SMILES string of the molecule is CCCCCCC=CCCCC(CCCC(=O)O)CC(O)C(C)O. The van der Waals surface area contributed by atoms with Crippen molar-refractivity contribution in [1.82, 2.24) is 0 Å². The maximum absolute atomic E-state index is 10.6. The summed E-state index contributed by atoms with van der Waals surface area (Å²) in [7, 11) is 0. The zero-order valence-corrected chi connectivity index (χ0v) is 15.6. The highest BCUT2D eigenvalue weighted by Gasteiger charge is 2.18. The molecular formula is C20H38O4. The van der Waals surface area contributed by atoms with E-state index in [-0.39, 0.29) is 12.3 Å². The van der Waals surface area contributed by atoms with Gasteiger partial charge in [-0.15, -0.1) is 0 Å². The fourth-order valence-electron chi connectivity index (χ4n) is 2.91. The summed E-state index contributed by atoms with van der Waals surface area (Å²) in [5.74, 6) is -0.484. The molecule has 24 heavy (non-hydrogen) atoms. The summed E-state index contributed by atoms with van der Waals surface area (Å²) in [6.45, 7) is 3.82. The first-order valence-electron chi connectivity index (χ1n) is 9.70. The summed E-state index contributed by atoms with van der Waals surface area (Å²) in [5.41, 5.74) is 0. The third kappa shape index (κ3) is 14.7. The Labute approximate surface area is 148 Å². The molecule has 0 aromatic heterocycles. The number of aliphatic hydroxyl groups excluding tert-OH is 2. The van der Waals surface area contributed by atoms with Crippen molar-refractivity contribution in [2.45, 2.75) is 103 Å². The Hall–Kier alpha value is -0.870. The van der Waals surface area contributed by atoms with Crippen molar-refractivity contribution in [3.05, 3.63) is 12.2 Å². The van der Waals surface area contributed by atoms with Crippen molar-refractivity contribution in [2.75, 3.05) is 0 Å². The van der Waals surface area contributed by atoms with Crippen LogP contribution in [0.15, 0.2) is 12.2 Å². The van der Waals surface area contributed by atoms with Crippen LogP contribution in [0.3, 0.4) is 0 Å². The molecule has 0 aliphatic rings. The summed E-state index contributed by atoms with van der Waals surface area (Å²) >= 11 is 0. The molecule has 0 amide bonds. The summed E-state index contributed by atoms with van der Waals surface area (Å²) in [6, 6.07) is 0. The minimum Gasteiger partial charge on any atom is -0.481 e. The predicted molar refractivity (Wildman–Crippen MR) is 99.0 cm³/mol. The molecule has 0 saturated heterocycles. The van der Waals surface area contributed by atoms with Crippen molar-refractivity contribution in [3.63, 3.8) is 0 Å². The van der Waals surface area contributed by atoms with Crippen molar-refractivity contribution in [3.8, 4) is 0 Å². The number of hydrogen-bond acceptors (Lipinski definition) is 3. The second kappa shape index (κ2) is 15.6. The van der Waals surface area contributed by atoms with Crippen LogP contribution in [0, 0.1) is 5.92 Å². The highest BCUT2D eigenvalue weighted by atomic mass is 16.4. The molecule has 0 fully saturated rings. The van der Waals surface area contributed by atoms with E-state index < -0.39 is 18.2 Å². The Balaban J connectivity index is 3.97. The van der Waals surface area contributed by atoms with E-state index in [0.717, 1.165) is 32.1 Å². The third-order valence-corrected chi connectivity index (χ3v) is 4.51. The summed E-state index contributed by atoms with van der Waals surface area (Å²) in [6.07, 6.45) is 14.6. The van der Waals surface area contributed by atoms with Crippen molar-refractivity contribution >= 4 is 5.97 Å². The van der Waals surface area contributed by atoms with Crippen LogP contribution >= 0.6 is 0 Å². The Bertz CT molecular complexity index is 326. The van der Waals surface area contributed by atoms with E-state index in [2.05, 4.69) is 19.1 Å². The molecule has 3 N–H and O–H groups in total. The number of hydrogen-bond donors (Lipinski definition) is 3. The van der Waals surface area contributed by atoms with E-state index in [4.69, 9.17) is 5.11 Å². The molecule has 0 saturated carbocycles. The van der Waals surface area contributed by atoms with Gasteiger partial charge in [-0.25, -0.2) is 0 Å². The Morgan fingerprint density at radius 2 is 1.58 bits per heavy atom. The van der Waals surface area contributed by atoms with Crippen molar-refractivity contribution in [1.29, 1.82) is 0 Å². The number of unbranched alkanes of at least 4 members (excludes halogenated alkanes) is 5. The summed E-state index contributed by atoms with van der Waals surface area (Å²) in [5, 5.41) is 28.1. The number of aliphatic carboxylic acids is 1. The van der Waals surface area contributed by atoms with Crippen LogP contribution in [0.25, 0.3) is 0 Å². The lowest BCUT2D eigenvalue weighted by Gasteiger charge is -2.21. The van der Waals surface area contributed by atoms with Crippen LogP contribution in [0.5, 0.6) is 0 Å². The van der Waals surface area contributed by atoms with Gasteiger partial charge < -0.3 is 15.3 Å². The molecule has 0 aromatic rings. The highest BCUT2D eigenvalue weighted by Crippen LogP contribution is 2.23.